The van der Waals surface area contributed by atoms with E-state index in [0.29, 0.717) is 0 Å². The van der Waals surface area contributed by atoms with E-state index in [9.17, 15) is 4.79 Å². The number of hydrogen-bond acceptors (Lipinski definition) is 1. The van der Waals surface area contributed by atoms with Gasteiger partial charge in [-0.2, -0.15) is 0 Å². The van der Waals surface area contributed by atoms with Crippen LogP contribution in [-0.4, -0.2) is 31.1 Å². The summed E-state index contributed by atoms with van der Waals surface area (Å²) >= 11 is 0. The highest BCUT2D eigenvalue weighted by atomic mass is 16.2. The summed E-state index contributed by atoms with van der Waals surface area (Å²) in [6, 6.07) is 0.0625. The zero-order valence-corrected chi connectivity index (χ0v) is 9.68. The molecule has 13 heavy (non-hydrogen) atoms. The van der Waals surface area contributed by atoms with Crippen molar-refractivity contribution in [1.29, 1.82) is 0 Å². The molecule has 1 fully saturated rings. The molecule has 1 rings (SSSR count). The highest BCUT2D eigenvalue weighted by Crippen LogP contribution is 2.06. The highest BCUT2D eigenvalue weighted by molar-refractivity contribution is 5.73. The summed E-state index contributed by atoms with van der Waals surface area (Å²) in [6.07, 6.45) is 2.32. The fourth-order valence-electron chi connectivity index (χ4n) is 1.08. The molecule has 1 aliphatic heterocycles. The minimum atomic E-state index is 0.0625. The van der Waals surface area contributed by atoms with E-state index in [1.54, 1.807) is 7.05 Å². The zero-order valence-electron chi connectivity index (χ0n) is 9.68. The van der Waals surface area contributed by atoms with Crippen molar-refractivity contribution in [3.05, 3.63) is 0 Å². The number of likely N-dealkylation sites (tertiary alicyclic amines) is 1. The Labute approximate surface area is 82.5 Å². The predicted molar refractivity (Wildman–Crippen MR) is 58.0 cm³/mol. The summed E-state index contributed by atoms with van der Waals surface area (Å²) in [4.78, 5) is 12.7. The molecule has 2 amide bonds. The Morgan fingerprint density at radius 2 is 1.46 bits per heavy atom. The Bertz CT molecular complexity index is 109. The van der Waals surface area contributed by atoms with Crippen molar-refractivity contribution in [3.63, 3.8) is 0 Å². The smallest absolute Gasteiger partial charge is 0.317 e. The van der Waals surface area contributed by atoms with Crippen molar-refractivity contribution in [2.45, 2.75) is 40.5 Å². The Morgan fingerprint density at radius 3 is 1.77 bits per heavy atom. The van der Waals surface area contributed by atoms with Crippen LogP contribution in [-0.2, 0) is 0 Å². The van der Waals surface area contributed by atoms with Gasteiger partial charge in [0.25, 0.3) is 0 Å². The fraction of sp³-hybridized carbons (Fsp3) is 0.900. The molecular weight excluding hydrogens is 164 g/mol. The number of nitrogens with one attached hydrogen (secondary N) is 1. The first kappa shape index (κ1) is 14.8. The monoisotopic (exact) mass is 188 g/mol. The average Bonchev–Trinajstić information content (AvgIpc) is 2.76. The summed E-state index contributed by atoms with van der Waals surface area (Å²) in [5.74, 6) is 0. The highest BCUT2D eigenvalue weighted by Gasteiger charge is 2.15. The zero-order chi connectivity index (χ0) is 10.7. The van der Waals surface area contributed by atoms with Crippen LogP contribution in [0, 0.1) is 0 Å². The molecule has 0 atom stereocenters. The predicted octanol–water partition coefficient (Wildman–Crippen LogP) is 2.47. The van der Waals surface area contributed by atoms with Crippen molar-refractivity contribution >= 4 is 6.03 Å². The maximum Gasteiger partial charge on any atom is 0.317 e. The van der Waals surface area contributed by atoms with E-state index in [2.05, 4.69) is 5.32 Å². The summed E-state index contributed by atoms with van der Waals surface area (Å²) in [5.41, 5.74) is 0. The minimum Gasteiger partial charge on any atom is -0.341 e. The third kappa shape index (κ3) is 6.43. The van der Waals surface area contributed by atoms with Gasteiger partial charge in [0.1, 0.15) is 0 Å². The number of urea groups is 1. The van der Waals surface area contributed by atoms with E-state index in [4.69, 9.17) is 0 Å². The first-order valence-corrected chi connectivity index (χ1v) is 5.31. The SMILES string of the molecule is CC.CC.CNC(=O)N1CCCC1. The lowest BCUT2D eigenvalue weighted by Gasteiger charge is -2.13. The molecule has 80 valence electrons. The molecule has 0 bridgehead atoms. The van der Waals surface area contributed by atoms with Crippen LogP contribution >= 0.6 is 0 Å². The summed E-state index contributed by atoms with van der Waals surface area (Å²) in [7, 11) is 1.67. The number of carbonyl (C=O) groups is 1. The van der Waals surface area contributed by atoms with Gasteiger partial charge in [-0.05, 0) is 12.8 Å². The molecule has 0 spiro atoms. The number of amides is 2. The van der Waals surface area contributed by atoms with Crippen molar-refractivity contribution in [1.82, 2.24) is 10.2 Å². The molecule has 0 radical (unpaired) electrons. The lowest BCUT2D eigenvalue weighted by molar-refractivity contribution is 0.211. The van der Waals surface area contributed by atoms with Crippen molar-refractivity contribution in [2.24, 2.45) is 0 Å². The fourth-order valence-corrected chi connectivity index (χ4v) is 1.08. The molecular formula is C10H24N2O. The van der Waals surface area contributed by atoms with Crippen LogP contribution in [0.1, 0.15) is 40.5 Å². The van der Waals surface area contributed by atoms with Crippen molar-refractivity contribution < 1.29 is 4.79 Å². The van der Waals surface area contributed by atoms with Crippen molar-refractivity contribution in [3.8, 4) is 0 Å². The van der Waals surface area contributed by atoms with Gasteiger partial charge in [0.05, 0.1) is 0 Å². The number of rotatable bonds is 0. The van der Waals surface area contributed by atoms with Gasteiger partial charge in [0.2, 0.25) is 0 Å². The van der Waals surface area contributed by atoms with E-state index in [1.807, 2.05) is 32.6 Å². The average molecular weight is 188 g/mol. The van der Waals surface area contributed by atoms with Gasteiger partial charge >= 0.3 is 6.03 Å². The van der Waals surface area contributed by atoms with Crippen LogP contribution < -0.4 is 5.32 Å². The molecule has 1 saturated heterocycles. The van der Waals surface area contributed by atoms with E-state index in [-0.39, 0.29) is 6.03 Å². The third-order valence-corrected chi connectivity index (χ3v) is 1.61. The van der Waals surface area contributed by atoms with Gasteiger partial charge in [-0.1, -0.05) is 27.7 Å². The quantitative estimate of drug-likeness (QED) is 0.622. The molecule has 1 aliphatic rings. The Balaban J connectivity index is 0. The number of nitrogens with zero attached hydrogens (tertiary/aromatic N) is 1. The van der Waals surface area contributed by atoms with Gasteiger partial charge < -0.3 is 10.2 Å². The molecule has 0 aromatic carbocycles. The summed E-state index contributed by atoms with van der Waals surface area (Å²) < 4.78 is 0. The Hall–Kier alpha value is -0.730. The topological polar surface area (TPSA) is 32.3 Å². The van der Waals surface area contributed by atoms with Crippen LogP contribution in [0.3, 0.4) is 0 Å². The third-order valence-electron chi connectivity index (χ3n) is 1.61. The molecule has 0 unspecified atom stereocenters. The number of hydrogen-bond donors (Lipinski definition) is 1. The van der Waals surface area contributed by atoms with Gasteiger partial charge in [-0.15, -0.1) is 0 Å². The van der Waals surface area contributed by atoms with Crippen LogP contribution in [0.15, 0.2) is 0 Å². The van der Waals surface area contributed by atoms with Crippen LogP contribution in [0.25, 0.3) is 0 Å². The van der Waals surface area contributed by atoms with Crippen LogP contribution in [0.2, 0.25) is 0 Å². The first-order chi connectivity index (χ1) is 6.34. The second-order valence-corrected chi connectivity index (χ2v) is 2.25. The Kier molecular flexibility index (Phi) is 12.8. The van der Waals surface area contributed by atoms with Crippen LogP contribution in [0.4, 0.5) is 4.79 Å². The number of carbonyl (C=O) groups excluding carboxylic acids is 1. The first-order valence-electron chi connectivity index (χ1n) is 5.31. The molecule has 0 aromatic heterocycles. The normalized spacial score (nSPS) is 13.5. The van der Waals surface area contributed by atoms with E-state index in [1.165, 1.54) is 0 Å². The Morgan fingerprint density at radius 1 is 1.08 bits per heavy atom. The van der Waals surface area contributed by atoms with Crippen molar-refractivity contribution in [2.75, 3.05) is 20.1 Å². The molecule has 0 saturated carbocycles. The largest absolute Gasteiger partial charge is 0.341 e. The second-order valence-electron chi connectivity index (χ2n) is 2.25. The van der Waals surface area contributed by atoms with Gasteiger partial charge in [0.15, 0.2) is 0 Å². The molecule has 3 heteroatoms. The maximum atomic E-state index is 10.8. The molecule has 0 aliphatic carbocycles. The maximum absolute atomic E-state index is 10.8. The lowest BCUT2D eigenvalue weighted by Crippen LogP contribution is -2.35. The van der Waals surface area contributed by atoms with Gasteiger partial charge in [-0.3, -0.25) is 0 Å². The minimum absolute atomic E-state index is 0.0625. The molecule has 1 heterocycles. The second kappa shape index (κ2) is 11.3. The molecule has 1 N–H and O–H groups in total. The molecule has 3 nitrogen and oxygen atoms in total. The van der Waals surface area contributed by atoms with Crippen LogP contribution in [0.5, 0.6) is 0 Å². The lowest BCUT2D eigenvalue weighted by atomic mass is 10.4. The van der Waals surface area contributed by atoms with E-state index in [0.717, 1.165) is 25.9 Å². The van der Waals surface area contributed by atoms with E-state index >= 15 is 0 Å². The van der Waals surface area contributed by atoms with Gasteiger partial charge in [-0.25, -0.2) is 4.79 Å². The summed E-state index contributed by atoms with van der Waals surface area (Å²) in [6.45, 7) is 9.86. The van der Waals surface area contributed by atoms with Gasteiger partial charge in [0, 0.05) is 20.1 Å². The van der Waals surface area contributed by atoms with E-state index < -0.39 is 0 Å². The standard InChI is InChI=1S/C6H12N2O.2C2H6/c1-7-6(9)8-4-2-3-5-8;2*1-2/h2-5H2,1H3,(H,7,9);2*1-2H3. The summed E-state index contributed by atoms with van der Waals surface area (Å²) in [5, 5.41) is 2.59. The molecule has 0 aromatic rings.